The summed E-state index contributed by atoms with van der Waals surface area (Å²) in [4.78, 5) is 13.9. The van der Waals surface area contributed by atoms with Gasteiger partial charge in [-0.1, -0.05) is 0 Å². The van der Waals surface area contributed by atoms with Crippen LogP contribution in [0, 0.1) is 5.82 Å². The number of carbonyl (C=O) groups excluding carboxylic acids is 1. The molecule has 0 bridgehead atoms. The zero-order chi connectivity index (χ0) is 13.4. The van der Waals surface area contributed by atoms with E-state index in [1.54, 1.807) is 11.0 Å². The van der Waals surface area contributed by atoms with Gasteiger partial charge in [0.05, 0.1) is 6.61 Å². The molecule has 1 saturated carbocycles. The van der Waals surface area contributed by atoms with Crippen LogP contribution in [0.1, 0.15) is 23.4 Å². The minimum absolute atomic E-state index is 0.0723. The van der Waals surface area contributed by atoms with E-state index in [0.29, 0.717) is 17.5 Å². The summed E-state index contributed by atoms with van der Waals surface area (Å²) in [6, 6.07) is 5.89. The molecule has 0 radical (unpaired) electrons. The standard InChI is InChI=1S/C14H14FNO3/c15-10-1-4-12-9(7-10)8-13(19-12)14(18)16(5-6-17)11-2-3-11/h1,4,7-8,11,17H,2-3,5-6H2. The minimum Gasteiger partial charge on any atom is -0.451 e. The van der Waals surface area contributed by atoms with Crippen LogP contribution in [0.15, 0.2) is 28.7 Å². The Labute approximate surface area is 109 Å². The van der Waals surface area contributed by atoms with Crippen molar-refractivity contribution < 1.29 is 18.7 Å². The number of hydrogen-bond acceptors (Lipinski definition) is 3. The van der Waals surface area contributed by atoms with E-state index in [1.165, 1.54) is 18.2 Å². The molecule has 1 aliphatic carbocycles. The normalized spacial score (nSPS) is 14.8. The van der Waals surface area contributed by atoms with Crippen LogP contribution in [0.2, 0.25) is 0 Å². The van der Waals surface area contributed by atoms with Crippen molar-refractivity contribution >= 4 is 16.9 Å². The molecular weight excluding hydrogens is 249 g/mol. The number of halogens is 1. The first-order valence-electron chi connectivity index (χ1n) is 6.30. The van der Waals surface area contributed by atoms with Crippen molar-refractivity contribution in [2.45, 2.75) is 18.9 Å². The molecule has 4 nitrogen and oxygen atoms in total. The number of benzene rings is 1. The quantitative estimate of drug-likeness (QED) is 0.919. The largest absolute Gasteiger partial charge is 0.451 e. The fourth-order valence-corrected chi connectivity index (χ4v) is 2.21. The van der Waals surface area contributed by atoms with Crippen LogP contribution in [0.4, 0.5) is 4.39 Å². The zero-order valence-electron chi connectivity index (χ0n) is 10.3. The van der Waals surface area contributed by atoms with Crippen LogP contribution in [0.5, 0.6) is 0 Å². The first-order valence-corrected chi connectivity index (χ1v) is 6.30. The molecule has 1 aromatic heterocycles. The summed E-state index contributed by atoms with van der Waals surface area (Å²) >= 11 is 0. The Bertz CT molecular complexity index is 618. The molecule has 0 aliphatic heterocycles. The first-order chi connectivity index (χ1) is 9.19. The van der Waals surface area contributed by atoms with E-state index in [2.05, 4.69) is 0 Å². The SMILES string of the molecule is O=C(c1cc2cc(F)ccc2o1)N(CCO)C1CC1. The van der Waals surface area contributed by atoms with Gasteiger partial charge in [0.15, 0.2) is 5.76 Å². The molecule has 5 heteroatoms. The first kappa shape index (κ1) is 12.2. The van der Waals surface area contributed by atoms with Gasteiger partial charge in [0.1, 0.15) is 11.4 Å². The molecular formula is C14H14FNO3. The average molecular weight is 263 g/mol. The number of rotatable bonds is 4. The fourth-order valence-electron chi connectivity index (χ4n) is 2.21. The lowest BCUT2D eigenvalue weighted by Crippen LogP contribution is -2.35. The Kier molecular flexibility index (Phi) is 2.98. The fraction of sp³-hybridized carbons (Fsp3) is 0.357. The molecule has 100 valence electrons. The van der Waals surface area contributed by atoms with Crippen LogP contribution in [0.3, 0.4) is 0 Å². The van der Waals surface area contributed by atoms with Gasteiger partial charge in [0.2, 0.25) is 0 Å². The third kappa shape index (κ3) is 2.33. The smallest absolute Gasteiger partial charge is 0.289 e. The summed E-state index contributed by atoms with van der Waals surface area (Å²) in [6.07, 6.45) is 1.92. The maximum Gasteiger partial charge on any atom is 0.289 e. The van der Waals surface area contributed by atoms with Gasteiger partial charge in [-0.2, -0.15) is 0 Å². The Morgan fingerprint density at radius 2 is 2.21 bits per heavy atom. The highest BCUT2D eigenvalue weighted by Crippen LogP contribution is 2.29. The van der Waals surface area contributed by atoms with Gasteiger partial charge in [-0.05, 0) is 37.1 Å². The van der Waals surface area contributed by atoms with Gasteiger partial charge in [-0.3, -0.25) is 4.79 Å². The van der Waals surface area contributed by atoms with E-state index < -0.39 is 0 Å². The van der Waals surface area contributed by atoms with Gasteiger partial charge in [-0.15, -0.1) is 0 Å². The molecule has 0 saturated heterocycles. The van der Waals surface area contributed by atoms with Crippen molar-refractivity contribution in [3.8, 4) is 0 Å². The van der Waals surface area contributed by atoms with E-state index in [-0.39, 0.29) is 30.1 Å². The van der Waals surface area contributed by atoms with E-state index in [4.69, 9.17) is 9.52 Å². The van der Waals surface area contributed by atoms with E-state index in [1.807, 2.05) is 0 Å². The van der Waals surface area contributed by atoms with Gasteiger partial charge in [0, 0.05) is 18.0 Å². The second kappa shape index (κ2) is 4.66. The lowest BCUT2D eigenvalue weighted by molar-refractivity contribution is 0.0678. The lowest BCUT2D eigenvalue weighted by Gasteiger charge is -2.19. The van der Waals surface area contributed by atoms with Crippen molar-refractivity contribution in [3.63, 3.8) is 0 Å². The third-order valence-electron chi connectivity index (χ3n) is 3.28. The Hall–Kier alpha value is -1.88. The van der Waals surface area contributed by atoms with E-state index in [0.717, 1.165) is 12.8 Å². The molecule has 0 spiro atoms. The van der Waals surface area contributed by atoms with E-state index in [9.17, 15) is 9.18 Å². The van der Waals surface area contributed by atoms with Crippen molar-refractivity contribution in [1.82, 2.24) is 4.90 Å². The van der Waals surface area contributed by atoms with Crippen LogP contribution < -0.4 is 0 Å². The molecule has 1 aliphatic rings. The number of carbonyl (C=O) groups is 1. The molecule has 3 rings (SSSR count). The van der Waals surface area contributed by atoms with Gasteiger partial charge >= 0.3 is 0 Å². The molecule has 0 unspecified atom stereocenters. The van der Waals surface area contributed by atoms with Gasteiger partial charge < -0.3 is 14.4 Å². The number of hydrogen-bond donors (Lipinski definition) is 1. The second-order valence-corrected chi connectivity index (χ2v) is 4.75. The minimum atomic E-state index is -0.360. The number of fused-ring (bicyclic) bond motifs is 1. The summed E-state index contributed by atoms with van der Waals surface area (Å²) in [5.74, 6) is -0.407. The Balaban J connectivity index is 1.91. The average Bonchev–Trinajstić information content (AvgIpc) is 3.14. The highest BCUT2D eigenvalue weighted by Gasteiger charge is 2.33. The van der Waals surface area contributed by atoms with Crippen LogP contribution >= 0.6 is 0 Å². The second-order valence-electron chi connectivity index (χ2n) is 4.75. The van der Waals surface area contributed by atoms with Gasteiger partial charge in [-0.25, -0.2) is 4.39 Å². The van der Waals surface area contributed by atoms with Crippen molar-refractivity contribution in [3.05, 3.63) is 35.8 Å². The molecule has 1 aromatic carbocycles. The number of aliphatic hydroxyl groups is 1. The Morgan fingerprint density at radius 1 is 1.42 bits per heavy atom. The molecule has 1 heterocycles. The zero-order valence-corrected chi connectivity index (χ0v) is 10.3. The summed E-state index contributed by atoms with van der Waals surface area (Å²) in [5, 5.41) is 9.58. The highest BCUT2D eigenvalue weighted by atomic mass is 19.1. The number of furan rings is 1. The molecule has 19 heavy (non-hydrogen) atoms. The maximum atomic E-state index is 13.1. The summed E-state index contributed by atoms with van der Waals surface area (Å²) in [7, 11) is 0. The van der Waals surface area contributed by atoms with Crippen LogP contribution in [-0.2, 0) is 0 Å². The predicted octanol–water partition coefficient (Wildman–Crippen LogP) is 2.17. The Morgan fingerprint density at radius 3 is 2.89 bits per heavy atom. The van der Waals surface area contributed by atoms with Gasteiger partial charge in [0.25, 0.3) is 5.91 Å². The number of amides is 1. The van der Waals surface area contributed by atoms with Crippen molar-refractivity contribution in [2.24, 2.45) is 0 Å². The van der Waals surface area contributed by atoms with E-state index >= 15 is 0 Å². The molecule has 2 aromatic rings. The highest BCUT2D eigenvalue weighted by molar-refractivity contribution is 5.96. The maximum absolute atomic E-state index is 13.1. The van der Waals surface area contributed by atoms with Crippen LogP contribution in [-0.4, -0.2) is 35.1 Å². The molecule has 0 atom stereocenters. The summed E-state index contributed by atoms with van der Waals surface area (Å²) in [6.45, 7) is 0.228. The topological polar surface area (TPSA) is 53.7 Å². The molecule has 1 N–H and O–H groups in total. The molecule has 1 fully saturated rings. The lowest BCUT2D eigenvalue weighted by atomic mass is 10.2. The third-order valence-corrected chi connectivity index (χ3v) is 3.28. The predicted molar refractivity (Wildman–Crippen MR) is 67.3 cm³/mol. The number of aliphatic hydroxyl groups excluding tert-OH is 1. The monoisotopic (exact) mass is 263 g/mol. The number of nitrogens with zero attached hydrogens (tertiary/aromatic N) is 1. The molecule has 1 amide bonds. The van der Waals surface area contributed by atoms with Crippen molar-refractivity contribution in [1.29, 1.82) is 0 Å². The van der Waals surface area contributed by atoms with Crippen LogP contribution in [0.25, 0.3) is 11.0 Å². The summed E-state index contributed by atoms with van der Waals surface area (Å²) in [5.41, 5.74) is 0.490. The summed E-state index contributed by atoms with van der Waals surface area (Å²) < 4.78 is 18.5. The van der Waals surface area contributed by atoms with Crippen molar-refractivity contribution in [2.75, 3.05) is 13.2 Å².